The lowest BCUT2D eigenvalue weighted by Crippen LogP contribution is -2.36. The van der Waals surface area contributed by atoms with Crippen molar-refractivity contribution in [1.82, 2.24) is 10.6 Å². The summed E-state index contributed by atoms with van der Waals surface area (Å²) in [5, 5.41) is 15.7. The molecule has 0 atom stereocenters. The second-order valence-electron chi connectivity index (χ2n) is 5.88. The first-order valence-corrected chi connectivity index (χ1v) is 8.75. The summed E-state index contributed by atoms with van der Waals surface area (Å²) in [6.45, 7) is 8.15. The lowest BCUT2D eigenvalue weighted by Gasteiger charge is -2.15. The van der Waals surface area contributed by atoms with E-state index >= 15 is 0 Å². The van der Waals surface area contributed by atoms with E-state index < -0.39 is 5.82 Å². The van der Waals surface area contributed by atoms with E-state index in [1.54, 1.807) is 6.07 Å². The molecule has 0 aliphatic carbocycles. The predicted octanol–water partition coefficient (Wildman–Crippen LogP) is 3.49. The summed E-state index contributed by atoms with van der Waals surface area (Å²) in [6, 6.07) is 10.4. The highest BCUT2D eigenvalue weighted by Gasteiger charge is 2.06. The van der Waals surface area contributed by atoms with Gasteiger partial charge in [0, 0.05) is 18.7 Å². The fourth-order valence-corrected chi connectivity index (χ4v) is 2.44. The summed E-state index contributed by atoms with van der Waals surface area (Å²) in [5.41, 5.74) is 2.87. The van der Waals surface area contributed by atoms with Crippen LogP contribution in [0.1, 0.15) is 30.5 Å². The van der Waals surface area contributed by atoms with Gasteiger partial charge < -0.3 is 20.5 Å². The number of phenols is 1. The van der Waals surface area contributed by atoms with E-state index in [0.717, 1.165) is 16.9 Å². The Hall–Kier alpha value is -2.76. The van der Waals surface area contributed by atoms with Crippen molar-refractivity contribution < 1.29 is 14.2 Å². The minimum atomic E-state index is -0.642. The molecule has 0 radical (unpaired) electrons. The molecular weight excluding hydrogens is 333 g/mol. The van der Waals surface area contributed by atoms with Gasteiger partial charge in [0.15, 0.2) is 17.5 Å². The standard InChI is InChI=1S/C20H26FN3O2/c1-4-22-20(23-12-15-7-9-18(25)17(21)11-15)24-13-16-8-6-14(3)10-19(16)26-5-2/h6-11,25H,4-5,12-13H2,1-3H3,(H2,22,23,24). The molecule has 0 amide bonds. The molecule has 0 saturated heterocycles. The Morgan fingerprint density at radius 2 is 1.96 bits per heavy atom. The van der Waals surface area contributed by atoms with Crippen LogP contribution in [-0.2, 0) is 13.1 Å². The van der Waals surface area contributed by atoms with E-state index in [0.29, 0.717) is 37.8 Å². The Morgan fingerprint density at radius 3 is 2.65 bits per heavy atom. The van der Waals surface area contributed by atoms with Crippen molar-refractivity contribution >= 4 is 5.96 Å². The topological polar surface area (TPSA) is 65.9 Å². The number of benzene rings is 2. The second kappa shape index (κ2) is 9.65. The number of phenolic OH excluding ortho intramolecular Hbond substituents is 1. The zero-order chi connectivity index (χ0) is 18.9. The van der Waals surface area contributed by atoms with Crippen LogP contribution in [0.5, 0.6) is 11.5 Å². The fraction of sp³-hybridized carbons (Fsp3) is 0.350. The molecule has 6 heteroatoms. The summed E-state index contributed by atoms with van der Waals surface area (Å²) in [7, 11) is 0. The van der Waals surface area contributed by atoms with Gasteiger partial charge in [-0.05, 0) is 50.1 Å². The van der Waals surface area contributed by atoms with Gasteiger partial charge in [-0.3, -0.25) is 0 Å². The second-order valence-corrected chi connectivity index (χ2v) is 5.88. The number of aromatic hydroxyl groups is 1. The molecule has 140 valence electrons. The molecular formula is C20H26FN3O2. The average Bonchev–Trinajstić information content (AvgIpc) is 2.62. The third-order valence-electron chi connectivity index (χ3n) is 3.74. The van der Waals surface area contributed by atoms with Gasteiger partial charge in [-0.15, -0.1) is 0 Å². The summed E-state index contributed by atoms with van der Waals surface area (Å²) in [5.74, 6) is 0.489. The summed E-state index contributed by atoms with van der Waals surface area (Å²) in [6.07, 6.45) is 0. The molecule has 0 fully saturated rings. The first kappa shape index (κ1) is 19.6. The van der Waals surface area contributed by atoms with Gasteiger partial charge in [0.1, 0.15) is 5.75 Å². The van der Waals surface area contributed by atoms with Gasteiger partial charge in [-0.25, -0.2) is 9.38 Å². The Kier molecular flexibility index (Phi) is 7.26. The quantitative estimate of drug-likeness (QED) is 0.523. The molecule has 0 aliphatic heterocycles. The molecule has 0 aliphatic rings. The first-order valence-electron chi connectivity index (χ1n) is 8.75. The van der Waals surface area contributed by atoms with E-state index in [2.05, 4.69) is 15.6 Å². The van der Waals surface area contributed by atoms with Crippen LogP contribution in [0.25, 0.3) is 0 Å². The number of rotatable bonds is 7. The van der Waals surface area contributed by atoms with Crippen molar-refractivity contribution in [1.29, 1.82) is 0 Å². The molecule has 2 aromatic carbocycles. The third-order valence-corrected chi connectivity index (χ3v) is 3.74. The van der Waals surface area contributed by atoms with Crippen molar-refractivity contribution in [3.63, 3.8) is 0 Å². The lowest BCUT2D eigenvalue weighted by molar-refractivity contribution is 0.336. The maximum absolute atomic E-state index is 13.4. The first-order chi connectivity index (χ1) is 12.5. The van der Waals surface area contributed by atoms with Gasteiger partial charge in [-0.1, -0.05) is 18.2 Å². The molecule has 0 spiro atoms. The van der Waals surface area contributed by atoms with Gasteiger partial charge in [0.05, 0.1) is 13.2 Å². The molecule has 0 heterocycles. The highest BCUT2D eigenvalue weighted by atomic mass is 19.1. The van der Waals surface area contributed by atoms with Crippen LogP contribution in [0.4, 0.5) is 4.39 Å². The minimum absolute atomic E-state index is 0.304. The molecule has 2 aromatic rings. The van der Waals surface area contributed by atoms with Crippen LogP contribution in [0.3, 0.4) is 0 Å². The zero-order valence-corrected chi connectivity index (χ0v) is 15.5. The zero-order valence-electron chi connectivity index (χ0n) is 15.5. The minimum Gasteiger partial charge on any atom is -0.505 e. The fourth-order valence-electron chi connectivity index (χ4n) is 2.44. The van der Waals surface area contributed by atoms with Gasteiger partial charge in [-0.2, -0.15) is 0 Å². The smallest absolute Gasteiger partial charge is 0.191 e. The monoisotopic (exact) mass is 359 g/mol. The molecule has 0 aromatic heterocycles. The van der Waals surface area contributed by atoms with Crippen LogP contribution in [0.15, 0.2) is 41.4 Å². The van der Waals surface area contributed by atoms with Crippen LogP contribution >= 0.6 is 0 Å². The van der Waals surface area contributed by atoms with Crippen molar-refractivity contribution in [2.45, 2.75) is 33.9 Å². The van der Waals surface area contributed by atoms with Crippen molar-refractivity contribution in [2.75, 3.05) is 13.2 Å². The van der Waals surface area contributed by atoms with Gasteiger partial charge in [0.25, 0.3) is 0 Å². The van der Waals surface area contributed by atoms with E-state index in [-0.39, 0.29) is 5.75 Å². The molecule has 26 heavy (non-hydrogen) atoms. The molecule has 0 unspecified atom stereocenters. The van der Waals surface area contributed by atoms with Crippen LogP contribution in [0, 0.1) is 12.7 Å². The van der Waals surface area contributed by atoms with Crippen molar-refractivity contribution in [3.05, 3.63) is 58.9 Å². The van der Waals surface area contributed by atoms with Crippen molar-refractivity contribution in [3.8, 4) is 11.5 Å². The molecule has 5 nitrogen and oxygen atoms in total. The number of ether oxygens (including phenoxy) is 1. The Morgan fingerprint density at radius 1 is 1.15 bits per heavy atom. The van der Waals surface area contributed by atoms with E-state index in [4.69, 9.17) is 4.74 Å². The highest BCUT2D eigenvalue weighted by Crippen LogP contribution is 2.20. The maximum atomic E-state index is 13.4. The number of hydrogen-bond donors (Lipinski definition) is 3. The molecule has 0 saturated carbocycles. The average molecular weight is 359 g/mol. The molecule has 2 rings (SSSR count). The number of aryl methyl sites for hydroxylation is 1. The van der Waals surface area contributed by atoms with Crippen LogP contribution in [0.2, 0.25) is 0 Å². The number of nitrogens with zero attached hydrogens (tertiary/aromatic N) is 1. The number of hydrogen-bond acceptors (Lipinski definition) is 3. The Labute approximate surface area is 153 Å². The lowest BCUT2D eigenvalue weighted by atomic mass is 10.1. The molecule has 0 bridgehead atoms. The molecule has 3 N–H and O–H groups in total. The Bertz CT molecular complexity index is 763. The normalized spacial score (nSPS) is 11.3. The Balaban J connectivity index is 2.06. The van der Waals surface area contributed by atoms with E-state index in [1.165, 1.54) is 12.1 Å². The van der Waals surface area contributed by atoms with E-state index in [1.807, 2.05) is 39.0 Å². The maximum Gasteiger partial charge on any atom is 0.191 e. The van der Waals surface area contributed by atoms with Crippen molar-refractivity contribution in [2.24, 2.45) is 4.99 Å². The number of aliphatic imine (C=N–C) groups is 1. The largest absolute Gasteiger partial charge is 0.505 e. The summed E-state index contributed by atoms with van der Waals surface area (Å²) < 4.78 is 19.1. The van der Waals surface area contributed by atoms with Gasteiger partial charge in [0.2, 0.25) is 0 Å². The third kappa shape index (κ3) is 5.65. The SMILES string of the molecule is CCNC(=NCc1ccc(O)c(F)c1)NCc1ccc(C)cc1OCC. The number of guanidine groups is 1. The predicted molar refractivity (Wildman–Crippen MR) is 102 cm³/mol. The number of halogens is 1. The summed E-state index contributed by atoms with van der Waals surface area (Å²) in [4.78, 5) is 4.47. The van der Waals surface area contributed by atoms with Crippen LogP contribution in [-0.4, -0.2) is 24.2 Å². The number of nitrogens with one attached hydrogen (secondary N) is 2. The highest BCUT2D eigenvalue weighted by molar-refractivity contribution is 5.79. The van der Waals surface area contributed by atoms with Crippen LogP contribution < -0.4 is 15.4 Å². The summed E-state index contributed by atoms with van der Waals surface area (Å²) >= 11 is 0. The van der Waals surface area contributed by atoms with Gasteiger partial charge >= 0.3 is 0 Å². The van der Waals surface area contributed by atoms with E-state index in [9.17, 15) is 9.50 Å².